The molecule has 1 aromatic rings. The Morgan fingerprint density at radius 3 is 2.53 bits per heavy atom. The molecule has 0 amide bonds. The molecule has 0 bridgehead atoms. The fourth-order valence-corrected chi connectivity index (χ4v) is 4.50. The number of nitrogens with zero attached hydrogens (tertiary/aromatic N) is 1. The van der Waals surface area contributed by atoms with Crippen LogP contribution in [0.1, 0.15) is 31.1 Å². The van der Waals surface area contributed by atoms with Crippen molar-refractivity contribution in [3.8, 4) is 0 Å². The molecule has 0 aliphatic heterocycles. The van der Waals surface area contributed by atoms with Crippen molar-refractivity contribution in [3.05, 3.63) is 19.2 Å². The van der Waals surface area contributed by atoms with Gasteiger partial charge in [0.15, 0.2) is 5.78 Å². The van der Waals surface area contributed by atoms with E-state index in [4.69, 9.17) is 0 Å². The van der Waals surface area contributed by atoms with Crippen molar-refractivity contribution in [1.29, 1.82) is 0 Å². The van der Waals surface area contributed by atoms with Crippen LogP contribution in [-0.4, -0.2) is 30.3 Å². The van der Waals surface area contributed by atoms with Crippen LogP contribution in [0.2, 0.25) is 0 Å². The first-order valence-electron chi connectivity index (χ1n) is 5.64. The maximum absolute atomic E-state index is 12.1. The molecule has 0 aliphatic carbocycles. The van der Waals surface area contributed by atoms with Crippen molar-refractivity contribution in [2.24, 2.45) is 5.92 Å². The van der Waals surface area contributed by atoms with Crippen LogP contribution in [0, 0.1) is 5.92 Å². The molecule has 1 rings (SSSR count). The zero-order valence-electron chi connectivity index (χ0n) is 10.3. The van der Waals surface area contributed by atoms with E-state index >= 15 is 0 Å². The first-order chi connectivity index (χ1) is 7.93. The molecule has 0 spiro atoms. The minimum absolute atomic E-state index is 0.182. The Labute approximate surface area is 124 Å². The third-order valence-electron chi connectivity index (χ3n) is 2.39. The third kappa shape index (κ3) is 4.81. The monoisotopic (exact) mass is 381 g/mol. The predicted molar refractivity (Wildman–Crippen MR) is 81.0 cm³/mol. The first-order valence-corrected chi connectivity index (χ1v) is 8.04. The summed E-state index contributed by atoms with van der Waals surface area (Å²) >= 11 is 8.37. The van der Waals surface area contributed by atoms with Gasteiger partial charge in [-0.3, -0.25) is 9.69 Å². The molecule has 0 saturated heterocycles. The minimum Gasteiger partial charge on any atom is -0.296 e. The van der Waals surface area contributed by atoms with Gasteiger partial charge in [0.2, 0.25) is 0 Å². The number of carbonyl (C=O) groups is 1. The molecule has 0 radical (unpaired) electrons. The summed E-state index contributed by atoms with van der Waals surface area (Å²) in [7, 11) is 0. The van der Waals surface area contributed by atoms with Crippen LogP contribution >= 0.6 is 43.2 Å². The van der Waals surface area contributed by atoms with Crippen LogP contribution in [0.25, 0.3) is 0 Å². The van der Waals surface area contributed by atoms with Gasteiger partial charge in [-0.1, -0.05) is 20.8 Å². The Bertz CT molecular complexity index is 390. The van der Waals surface area contributed by atoms with E-state index in [2.05, 4.69) is 57.5 Å². The number of thiophene rings is 1. The minimum atomic E-state index is 0.182. The van der Waals surface area contributed by atoms with Crippen LogP contribution in [0.5, 0.6) is 0 Å². The number of rotatable bonds is 6. The average Bonchev–Trinajstić information content (AvgIpc) is 2.56. The van der Waals surface area contributed by atoms with Gasteiger partial charge in [0.1, 0.15) is 0 Å². The summed E-state index contributed by atoms with van der Waals surface area (Å²) in [5.74, 6) is 0.765. The zero-order valence-corrected chi connectivity index (χ0v) is 14.3. The average molecular weight is 383 g/mol. The lowest BCUT2D eigenvalue weighted by atomic mass is 10.1. The smallest absolute Gasteiger partial charge is 0.178 e. The molecule has 0 aromatic carbocycles. The second-order valence-corrected chi connectivity index (χ2v) is 8.13. The van der Waals surface area contributed by atoms with Gasteiger partial charge in [-0.05, 0) is 50.4 Å². The Morgan fingerprint density at radius 1 is 1.47 bits per heavy atom. The highest BCUT2D eigenvalue weighted by atomic mass is 79.9. The Kier molecular flexibility index (Phi) is 6.34. The predicted octanol–water partition coefficient (Wildman–Crippen LogP) is 4.43. The van der Waals surface area contributed by atoms with E-state index in [9.17, 15) is 4.79 Å². The second-order valence-electron chi connectivity index (χ2n) is 4.38. The number of ketones is 1. The van der Waals surface area contributed by atoms with E-state index in [0.717, 1.165) is 26.2 Å². The lowest BCUT2D eigenvalue weighted by Crippen LogP contribution is -2.32. The van der Waals surface area contributed by atoms with Crippen molar-refractivity contribution in [1.82, 2.24) is 4.90 Å². The number of halogens is 2. The van der Waals surface area contributed by atoms with Crippen LogP contribution in [0.4, 0.5) is 0 Å². The Hall–Kier alpha value is 0.290. The van der Waals surface area contributed by atoms with Crippen LogP contribution in [0.15, 0.2) is 13.6 Å². The summed E-state index contributed by atoms with van der Waals surface area (Å²) in [5, 5.41) is 0. The third-order valence-corrected chi connectivity index (χ3v) is 4.73. The van der Waals surface area contributed by atoms with Gasteiger partial charge in [0.05, 0.1) is 14.1 Å². The molecule has 0 saturated carbocycles. The van der Waals surface area contributed by atoms with Crippen LogP contribution < -0.4 is 0 Å². The van der Waals surface area contributed by atoms with E-state index in [-0.39, 0.29) is 5.78 Å². The molecule has 2 nitrogen and oxygen atoms in total. The highest BCUT2D eigenvalue weighted by Crippen LogP contribution is 2.32. The number of carbonyl (C=O) groups excluding carboxylic acids is 1. The van der Waals surface area contributed by atoms with Gasteiger partial charge in [-0.2, -0.15) is 0 Å². The summed E-state index contributed by atoms with van der Waals surface area (Å²) in [6.45, 7) is 8.80. The van der Waals surface area contributed by atoms with Gasteiger partial charge in [0.25, 0.3) is 0 Å². The number of hydrogen-bond donors (Lipinski definition) is 0. The van der Waals surface area contributed by atoms with Gasteiger partial charge >= 0.3 is 0 Å². The largest absolute Gasteiger partial charge is 0.296 e. The SMILES string of the molecule is CCN(CC(=O)c1cc(Br)sc1Br)CC(C)C. The highest BCUT2D eigenvalue weighted by Gasteiger charge is 2.16. The van der Waals surface area contributed by atoms with Crippen molar-refractivity contribution >= 4 is 49.0 Å². The molecule has 0 aliphatic rings. The van der Waals surface area contributed by atoms with Crippen LogP contribution in [0.3, 0.4) is 0 Å². The van der Waals surface area contributed by atoms with Crippen molar-refractivity contribution in [2.45, 2.75) is 20.8 Å². The lowest BCUT2D eigenvalue weighted by molar-refractivity contribution is 0.0926. The maximum atomic E-state index is 12.1. The molecule has 0 N–H and O–H groups in total. The summed E-state index contributed by atoms with van der Waals surface area (Å²) in [6.07, 6.45) is 0. The summed E-state index contributed by atoms with van der Waals surface area (Å²) < 4.78 is 1.90. The Balaban J connectivity index is 2.67. The van der Waals surface area contributed by atoms with E-state index in [1.165, 1.54) is 0 Å². The zero-order chi connectivity index (χ0) is 13.0. The summed E-state index contributed by atoms with van der Waals surface area (Å²) in [6, 6.07) is 1.89. The molecule has 17 heavy (non-hydrogen) atoms. The van der Waals surface area contributed by atoms with Crippen molar-refractivity contribution in [3.63, 3.8) is 0 Å². The standard InChI is InChI=1S/C12H17Br2NOS/c1-4-15(6-8(2)3)7-10(16)9-5-11(13)17-12(9)14/h5,8H,4,6-7H2,1-3H3. The van der Waals surface area contributed by atoms with E-state index in [0.29, 0.717) is 12.5 Å². The first kappa shape index (κ1) is 15.3. The van der Waals surface area contributed by atoms with Crippen molar-refractivity contribution in [2.75, 3.05) is 19.6 Å². The van der Waals surface area contributed by atoms with Crippen LogP contribution in [-0.2, 0) is 0 Å². The van der Waals surface area contributed by atoms with E-state index in [1.807, 2.05) is 6.07 Å². The molecule has 1 aromatic heterocycles. The quantitative estimate of drug-likeness (QED) is 0.678. The highest BCUT2D eigenvalue weighted by molar-refractivity contribution is 9.12. The molecule has 1 heterocycles. The normalized spacial score (nSPS) is 11.5. The molecule has 5 heteroatoms. The van der Waals surface area contributed by atoms with Gasteiger partial charge in [-0.15, -0.1) is 11.3 Å². The fourth-order valence-electron chi connectivity index (χ4n) is 1.64. The van der Waals surface area contributed by atoms with E-state index in [1.54, 1.807) is 11.3 Å². The van der Waals surface area contributed by atoms with Gasteiger partial charge in [-0.25, -0.2) is 0 Å². The molecule has 0 atom stereocenters. The molecular weight excluding hydrogens is 366 g/mol. The Morgan fingerprint density at radius 2 is 2.12 bits per heavy atom. The topological polar surface area (TPSA) is 20.3 Å². The summed E-state index contributed by atoms with van der Waals surface area (Å²) in [5.41, 5.74) is 0.782. The molecule has 0 unspecified atom stereocenters. The molecule has 0 fully saturated rings. The fraction of sp³-hybridized carbons (Fsp3) is 0.583. The van der Waals surface area contributed by atoms with Crippen molar-refractivity contribution < 1.29 is 4.79 Å². The number of Topliss-reactive ketones (excluding diaryl/α,β-unsaturated/α-hetero) is 1. The van der Waals surface area contributed by atoms with E-state index < -0.39 is 0 Å². The van der Waals surface area contributed by atoms with Gasteiger partial charge < -0.3 is 0 Å². The molecular formula is C12H17Br2NOS. The number of likely N-dealkylation sites (N-methyl/N-ethyl adjacent to an activating group) is 1. The summed E-state index contributed by atoms with van der Waals surface area (Å²) in [4.78, 5) is 14.3. The number of hydrogen-bond acceptors (Lipinski definition) is 3. The second kappa shape index (κ2) is 7.02. The maximum Gasteiger partial charge on any atom is 0.178 e. The molecule has 96 valence electrons. The lowest BCUT2D eigenvalue weighted by Gasteiger charge is -2.21. The van der Waals surface area contributed by atoms with Gasteiger partial charge in [0, 0.05) is 12.1 Å².